The van der Waals surface area contributed by atoms with Gasteiger partial charge in [0.25, 0.3) is 0 Å². The van der Waals surface area contributed by atoms with Crippen LogP contribution >= 0.6 is 0 Å². The molecule has 1 N–H and O–H groups in total. The van der Waals surface area contributed by atoms with E-state index in [1.165, 1.54) is 88.8 Å². The summed E-state index contributed by atoms with van der Waals surface area (Å²) in [5.74, 6) is 0.445. The van der Waals surface area contributed by atoms with E-state index in [-0.39, 0.29) is 27.1 Å². The van der Waals surface area contributed by atoms with Crippen molar-refractivity contribution in [3.8, 4) is 11.4 Å². The minimum atomic E-state index is -0.0101. The second kappa shape index (κ2) is 21.9. The lowest BCUT2D eigenvalue weighted by Gasteiger charge is -2.34. The van der Waals surface area contributed by atoms with Crippen molar-refractivity contribution >= 4 is 55.8 Å². The van der Waals surface area contributed by atoms with Gasteiger partial charge in [-0.25, -0.2) is 0 Å². The summed E-state index contributed by atoms with van der Waals surface area (Å²) in [6.45, 7) is 44.2. The van der Waals surface area contributed by atoms with E-state index in [0.29, 0.717) is 5.92 Å². The van der Waals surface area contributed by atoms with Crippen LogP contribution in [0.3, 0.4) is 0 Å². The fraction of sp³-hybridized carbons (Fsp3) is 0.395. The molecule has 2 aliphatic carbocycles. The quantitative estimate of drug-likeness (QED) is 0.123. The van der Waals surface area contributed by atoms with E-state index in [2.05, 4.69) is 303 Å². The molecule has 0 saturated carbocycles. The molecule has 1 unspecified atom stereocenters. The first-order valence-electron chi connectivity index (χ1n) is 30.0. The number of aromatic nitrogens is 2. The monoisotopic (exact) mass is 1060 g/mol. The molecule has 80 heavy (non-hydrogen) atoms. The average Bonchev–Trinajstić information content (AvgIpc) is 4.00. The van der Waals surface area contributed by atoms with Gasteiger partial charge in [0.2, 0.25) is 0 Å². The number of nitrogens with zero attached hydrogens (tertiary/aromatic N) is 3. The molecule has 4 nitrogen and oxygen atoms in total. The summed E-state index contributed by atoms with van der Waals surface area (Å²) >= 11 is 0. The number of benzene rings is 5. The van der Waals surface area contributed by atoms with Gasteiger partial charge in [0.05, 0.1) is 33.6 Å². The van der Waals surface area contributed by atoms with Crippen LogP contribution in [0.4, 0.5) is 17.1 Å². The van der Waals surface area contributed by atoms with Gasteiger partial charge in [-0.15, -0.1) is 0 Å². The third kappa shape index (κ3) is 11.6. The Kier molecular flexibility index (Phi) is 15.9. The van der Waals surface area contributed by atoms with E-state index >= 15 is 0 Å². The molecule has 1 atom stereocenters. The van der Waals surface area contributed by atoms with Crippen molar-refractivity contribution in [1.82, 2.24) is 9.13 Å². The highest BCUT2D eigenvalue weighted by molar-refractivity contribution is 6.14. The van der Waals surface area contributed by atoms with E-state index in [1.54, 1.807) is 0 Å². The zero-order valence-electron chi connectivity index (χ0n) is 52.4. The number of rotatable bonds is 12. The minimum Gasteiger partial charge on any atom is -0.355 e. The number of aryl methyl sites for hydroxylation is 1. The Hall–Kier alpha value is -6.78. The number of para-hydroxylation sites is 2. The fourth-order valence-electron chi connectivity index (χ4n) is 12.1. The first-order valence-corrected chi connectivity index (χ1v) is 30.0. The predicted octanol–water partition coefficient (Wildman–Crippen LogP) is 22.2. The third-order valence-corrected chi connectivity index (χ3v) is 17.0. The van der Waals surface area contributed by atoms with Crippen molar-refractivity contribution in [2.75, 3.05) is 10.2 Å². The topological polar surface area (TPSA) is 25.1 Å². The summed E-state index contributed by atoms with van der Waals surface area (Å²) in [5, 5.41) is 7.90. The van der Waals surface area contributed by atoms with E-state index in [4.69, 9.17) is 0 Å². The molecule has 418 valence electrons. The first-order chi connectivity index (χ1) is 37.6. The molecule has 9 rings (SSSR count). The normalized spacial score (nSPS) is 16.2. The molecule has 2 heterocycles. The summed E-state index contributed by atoms with van der Waals surface area (Å²) in [7, 11) is 0. The molecule has 0 spiro atoms. The Balaban J connectivity index is 1.39. The number of hydrogen-bond donors (Lipinski definition) is 1. The van der Waals surface area contributed by atoms with Crippen LogP contribution < -0.4 is 10.2 Å². The second-order valence-electron chi connectivity index (χ2n) is 28.3. The number of hydrogen-bond acceptors (Lipinski definition) is 2. The van der Waals surface area contributed by atoms with Gasteiger partial charge in [-0.1, -0.05) is 214 Å². The second-order valence-corrected chi connectivity index (χ2v) is 28.3. The number of fused-ring (bicyclic) bond motifs is 6. The van der Waals surface area contributed by atoms with Crippen molar-refractivity contribution in [3.05, 3.63) is 202 Å². The van der Waals surface area contributed by atoms with Gasteiger partial charge in [-0.05, 0) is 167 Å². The maximum Gasteiger partial charge on any atom is 0.0782 e. The van der Waals surface area contributed by atoms with Crippen molar-refractivity contribution in [2.45, 2.75) is 174 Å². The molecule has 0 saturated heterocycles. The van der Waals surface area contributed by atoms with Crippen LogP contribution in [-0.4, -0.2) is 9.13 Å². The van der Waals surface area contributed by atoms with E-state index < -0.39 is 0 Å². The SMILES string of the molecule is CC\C=C/C(=C/C=C/C(=C\CC)C(C)(C)C)Nc1cc(-n2c3ccccc3c3cccc(N(C4=CCC(C(C)(C)C)C=C4)c4ccc(C(C)(C)C)cc4)c32)cc(-n2c3c(c4cc(C(C)(C)C)cc(C)c42)C=C(C(C)(C)C)CC3)c1C. The molecule has 2 aromatic heterocycles. The third-order valence-electron chi connectivity index (χ3n) is 17.0. The summed E-state index contributed by atoms with van der Waals surface area (Å²) < 4.78 is 5.25. The van der Waals surface area contributed by atoms with Gasteiger partial charge >= 0.3 is 0 Å². The van der Waals surface area contributed by atoms with E-state index in [0.717, 1.165) is 60.6 Å². The highest BCUT2D eigenvalue weighted by Gasteiger charge is 2.31. The average molecular weight is 1060 g/mol. The molecule has 0 fully saturated rings. The fourth-order valence-corrected chi connectivity index (χ4v) is 12.1. The van der Waals surface area contributed by atoms with Crippen LogP contribution in [0.1, 0.15) is 177 Å². The highest BCUT2D eigenvalue weighted by atomic mass is 15.2. The van der Waals surface area contributed by atoms with Crippen LogP contribution in [0.2, 0.25) is 0 Å². The van der Waals surface area contributed by atoms with Gasteiger partial charge in [-0.3, -0.25) is 0 Å². The molecule has 2 aliphatic rings. The lowest BCUT2D eigenvalue weighted by molar-refractivity contribution is 0.293. The standard InChI is InChI=1S/C76H94N4/c1-20-22-29-57(30-25-28-52(27-21-2)72(5,6)7)77-65-48-60(49-69(51(65)4)80-67-44-39-55(75(14,15)16)46-63(67)64-47-56(76(17,18)19)45-50(3)70(64)80)79-66-33-24-23-31-61(66)62-32-26-34-68(71(62)79)78(58-40-35-53(36-41-58)73(8,9)10)59-42-37-54(38-43-59)74(11,12)13/h22-37,40-43,45-49,54,77H,20-21,38-39,44H2,1-19H3/b28-25+,29-22-,52-27+,57-30-. The number of nitrogens with one attached hydrogen (secondary N) is 1. The molecule has 0 amide bonds. The van der Waals surface area contributed by atoms with Gasteiger partial charge in [0, 0.05) is 50.2 Å². The molecule has 0 radical (unpaired) electrons. The maximum absolute atomic E-state index is 4.11. The molecule has 0 bridgehead atoms. The van der Waals surface area contributed by atoms with Crippen molar-refractivity contribution in [1.29, 1.82) is 0 Å². The zero-order valence-corrected chi connectivity index (χ0v) is 52.4. The zero-order chi connectivity index (χ0) is 57.9. The molecule has 7 aromatic rings. The summed E-state index contributed by atoms with van der Waals surface area (Å²) in [6.07, 6.45) is 28.4. The maximum atomic E-state index is 4.11. The van der Waals surface area contributed by atoms with Crippen LogP contribution in [0.5, 0.6) is 0 Å². The molecular formula is C76H94N4. The molecule has 5 aromatic carbocycles. The van der Waals surface area contributed by atoms with Gasteiger partial charge in [-0.2, -0.15) is 0 Å². The molecular weight excluding hydrogens is 969 g/mol. The predicted molar refractivity (Wildman–Crippen MR) is 352 cm³/mol. The Labute approximate surface area is 482 Å². The highest BCUT2D eigenvalue weighted by Crippen LogP contribution is 2.48. The van der Waals surface area contributed by atoms with E-state index in [9.17, 15) is 0 Å². The van der Waals surface area contributed by atoms with Crippen LogP contribution in [-0.2, 0) is 17.3 Å². The number of allylic oxidation sites excluding steroid dienone is 11. The Morgan fingerprint density at radius 2 is 1.38 bits per heavy atom. The Morgan fingerprint density at radius 1 is 0.675 bits per heavy atom. The van der Waals surface area contributed by atoms with Gasteiger partial charge in [0.1, 0.15) is 0 Å². The van der Waals surface area contributed by atoms with Gasteiger partial charge in [0.15, 0.2) is 0 Å². The largest absolute Gasteiger partial charge is 0.355 e. The minimum absolute atomic E-state index is 0.0101. The Morgan fingerprint density at radius 3 is 2.00 bits per heavy atom. The van der Waals surface area contributed by atoms with Crippen LogP contribution in [0, 0.1) is 36.0 Å². The van der Waals surface area contributed by atoms with Crippen molar-refractivity contribution in [3.63, 3.8) is 0 Å². The number of anilines is 3. The Bertz CT molecular complexity index is 3690. The summed E-state index contributed by atoms with van der Waals surface area (Å²) in [5.41, 5.74) is 22.6. The van der Waals surface area contributed by atoms with Crippen LogP contribution in [0.25, 0.3) is 50.2 Å². The molecule has 0 aliphatic heterocycles. The first kappa shape index (κ1) is 57.9. The van der Waals surface area contributed by atoms with Crippen molar-refractivity contribution < 1.29 is 0 Å². The van der Waals surface area contributed by atoms with Gasteiger partial charge < -0.3 is 19.4 Å². The summed E-state index contributed by atoms with van der Waals surface area (Å²) in [6, 6.07) is 35.2. The molecule has 4 heteroatoms. The lowest BCUT2D eigenvalue weighted by atomic mass is 9.77. The summed E-state index contributed by atoms with van der Waals surface area (Å²) in [4.78, 5) is 2.53. The lowest BCUT2D eigenvalue weighted by Crippen LogP contribution is -2.23. The van der Waals surface area contributed by atoms with Crippen LogP contribution in [0.15, 0.2) is 168 Å². The smallest absolute Gasteiger partial charge is 0.0782 e. The van der Waals surface area contributed by atoms with E-state index in [1.807, 2.05) is 0 Å². The van der Waals surface area contributed by atoms with Crippen molar-refractivity contribution in [2.24, 2.45) is 22.2 Å².